The van der Waals surface area contributed by atoms with Crippen molar-refractivity contribution in [2.24, 2.45) is 11.8 Å². The molecule has 0 aliphatic heterocycles. The molecule has 1 N–H and O–H groups in total. The van der Waals surface area contributed by atoms with Crippen LogP contribution in [0.2, 0.25) is 0 Å². The molecule has 0 bridgehead atoms. The zero-order valence-electron chi connectivity index (χ0n) is 13.5. The summed E-state index contributed by atoms with van der Waals surface area (Å²) in [6.07, 6.45) is 5.34. The van der Waals surface area contributed by atoms with Crippen molar-refractivity contribution in [2.45, 2.75) is 79.4 Å². The summed E-state index contributed by atoms with van der Waals surface area (Å²) in [6, 6.07) is 0.691. The van der Waals surface area contributed by atoms with Gasteiger partial charge in [0.25, 0.3) is 0 Å². The van der Waals surface area contributed by atoms with Gasteiger partial charge in [0.2, 0.25) is 0 Å². The Morgan fingerprint density at radius 1 is 0.833 bits per heavy atom. The van der Waals surface area contributed by atoms with Crippen molar-refractivity contribution in [1.82, 2.24) is 5.32 Å². The molecule has 0 aliphatic rings. The standard InChI is InChI=1S/C16H35NO/c1-13(2)11-16(12-14(3)4)17-9-7-8-10-18-15(5)6/h13-17H,7-12H2,1-6H3. The van der Waals surface area contributed by atoms with Gasteiger partial charge < -0.3 is 10.1 Å². The Kier molecular flexibility index (Phi) is 10.8. The van der Waals surface area contributed by atoms with Gasteiger partial charge in [-0.3, -0.25) is 0 Å². The zero-order chi connectivity index (χ0) is 14.0. The van der Waals surface area contributed by atoms with Crippen molar-refractivity contribution in [2.75, 3.05) is 13.2 Å². The summed E-state index contributed by atoms with van der Waals surface area (Å²) in [5, 5.41) is 3.71. The van der Waals surface area contributed by atoms with Crippen LogP contribution in [0.4, 0.5) is 0 Å². The SMILES string of the molecule is CC(C)CC(CC(C)C)NCCCCOC(C)C. The first-order chi connectivity index (χ1) is 8.41. The number of hydrogen-bond acceptors (Lipinski definition) is 2. The van der Waals surface area contributed by atoms with E-state index in [2.05, 4.69) is 46.9 Å². The molecule has 0 aromatic rings. The number of hydrogen-bond donors (Lipinski definition) is 1. The van der Waals surface area contributed by atoms with Gasteiger partial charge in [-0.15, -0.1) is 0 Å². The highest BCUT2D eigenvalue weighted by atomic mass is 16.5. The molecule has 0 aromatic carbocycles. The quantitative estimate of drug-likeness (QED) is 0.559. The van der Waals surface area contributed by atoms with Gasteiger partial charge in [-0.05, 0) is 57.9 Å². The molecular formula is C16H35NO. The van der Waals surface area contributed by atoms with Crippen molar-refractivity contribution in [3.05, 3.63) is 0 Å². The van der Waals surface area contributed by atoms with E-state index < -0.39 is 0 Å². The molecule has 0 rings (SSSR count). The Labute approximate surface area is 115 Å². The lowest BCUT2D eigenvalue weighted by molar-refractivity contribution is 0.0758. The lowest BCUT2D eigenvalue weighted by Gasteiger charge is -2.22. The van der Waals surface area contributed by atoms with E-state index in [1.54, 1.807) is 0 Å². The molecule has 110 valence electrons. The van der Waals surface area contributed by atoms with Crippen LogP contribution in [0.15, 0.2) is 0 Å². The lowest BCUT2D eigenvalue weighted by atomic mass is 9.95. The monoisotopic (exact) mass is 257 g/mol. The number of nitrogens with one attached hydrogen (secondary N) is 1. The van der Waals surface area contributed by atoms with Gasteiger partial charge in [-0.2, -0.15) is 0 Å². The van der Waals surface area contributed by atoms with E-state index in [0.29, 0.717) is 12.1 Å². The maximum Gasteiger partial charge on any atom is 0.0518 e. The lowest BCUT2D eigenvalue weighted by Crippen LogP contribution is -2.32. The number of rotatable bonds is 11. The van der Waals surface area contributed by atoms with Gasteiger partial charge in [0.1, 0.15) is 0 Å². The van der Waals surface area contributed by atoms with Crippen LogP contribution in [0, 0.1) is 11.8 Å². The van der Waals surface area contributed by atoms with Crippen LogP contribution in [0.1, 0.15) is 67.2 Å². The number of ether oxygens (including phenoxy) is 1. The van der Waals surface area contributed by atoms with Gasteiger partial charge in [-0.25, -0.2) is 0 Å². The van der Waals surface area contributed by atoms with Crippen LogP contribution in [0.5, 0.6) is 0 Å². The summed E-state index contributed by atoms with van der Waals surface area (Å²) in [5.41, 5.74) is 0. The largest absolute Gasteiger partial charge is 0.379 e. The van der Waals surface area contributed by atoms with Crippen LogP contribution >= 0.6 is 0 Å². The fraction of sp³-hybridized carbons (Fsp3) is 1.00. The average molecular weight is 257 g/mol. The molecule has 0 spiro atoms. The van der Waals surface area contributed by atoms with Crippen LogP contribution < -0.4 is 5.32 Å². The van der Waals surface area contributed by atoms with E-state index in [1.807, 2.05) is 0 Å². The fourth-order valence-electron chi connectivity index (χ4n) is 2.25. The van der Waals surface area contributed by atoms with E-state index in [9.17, 15) is 0 Å². The smallest absolute Gasteiger partial charge is 0.0518 e. The van der Waals surface area contributed by atoms with Crippen molar-refractivity contribution in [3.8, 4) is 0 Å². The highest BCUT2D eigenvalue weighted by molar-refractivity contribution is 4.70. The predicted octanol–water partition coefficient (Wildman–Crippen LogP) is 4.24. The van der Waals surface area contributed by atoms with Gasteiger partial charge in [0, 0.05) is 12.6 Å². The Hall–Kier alpha value is -0.0800. The predicted molar refractivity (Wildman–Crippen MR) is 81.0 cm³/mol. The molecule has 0 heterocycles. The molecule has 0 saturated carbocycles. The van der Waals surface area contributed by atoms with Crippen LogP contribution in [-0.4, -0.2) is 25.3 Å². The van der Waals surface area contributed by atoms with Crippen molar-refractivity contribution in [1.29, 1.82) is 0 Å². The van der Waals surface area contributed by atoms with E-state index >= 15 is 0 Å². The summed E-state index contributed by atoms with van der Waals surface area (Å²) in [7, 11) is 0. The molecule has 0 saturated heterocycles. The summed E-state index contributed by atoms with van der Waals surface area (Å²) in [4.78, 5) is 0. The molecule has 0 aliphatic carbocycles. The minimum absolute atomic E-state index is 0.368. The third-order valence-corrected chi connectivity index (χ3v) is 2.97. The van der Waals surface area contributed by atoms with Gasteiger partial charge in [0.15, 0.2) is 0 Å². The third kappa shape index (κ3) is 12.4. The van der Waals surface area contributed by atoms with Crippen molar-refractivity contribution < 1.29 is 4.74 Å². The third-order valence-electron chi connectivity index (χ3n) is 2.97. The number of unbranched alkanes of at least 4 members (excludes halogenated alkanes) is 1. The normalized spacial score (nSPS) is 12.3. The molecule has 0 fully saturated rings. The molecule has 0 radical (unpaired) electrons. The maximum absolute atomic E-state index is 5.55. The first kappa shape index (κ1) is 17.9. The first-order valence-electron chi connectivity index (χ1n) is 7.76. The fourth-order valence-corrected chi connectivity index (χ4v) is 2.25. The molecule has 2 nitrogen and oxygen atoms in total. The van der Waals surface area contributed by atoms with E-state index in [0.717, 1.165) is 25.0 Å². The minimum Gasteiger partial charge on any atom is -0.379 e. The van der Waals surface area contributed by atoms with Gasteiger partial charge in [-0.1, -0.05) is 27.7 Å². The molecule has 0 atom stereocenters. The Morgan fingerprint density at radius 3 is 1.83 bits per heavy atom. The van der Waals surface area contributed by atoms with Gasteiger partial charge in [0.05, 0.1) is 6.10 Å². The maximum atomic E-state index is 5.55. The molecule has 18 heavy (non-hydrogen) atoms. The summed E-state index contributed by atoms with van der Waals surface area (Å²) < 4.78 is 5.55. The topological polar surface area (TPSA) is 21.3 Å². The summed E-state index contributed by atoms with van der Waals surface area (Å²) in [6.45, 7) is 15.5. The summed E-state index contributed by atoms with van der Waals surface area (Å²) >= 11 is 0. The van der Waals surface area contributed by atoms with Crippen LogP contribution in [0.25, 0.3) is 0 Å². The second-order valence-corrected chi connectivity index (χ2v) is 6.54. The molecule has 2 heteroatoms. The minimum atomic E-state index is 0.368. The van der Waals surface area contributed by atoms with Crippen LogP contribution in [0.3, 0.4) is 0 Å². The molecular weight excluding hydrogens is 222 g/mol. The zero-order valence-corrected chi connectivity index (χ0v) is 13.5. The van der Waals surface area contributed by atoms with Crippen LogP contribution in [-0.2, 0) is 4.74 Å². The molecule has 0 unspecified atom stereocenters. The molecule has 0 amide bonds. The highest BCUT2D eigenvalue weighted by Crippen LogP contribution is 2.13. The van der Waals surface area contributed by atoms with E-state index in [-0.39, 0.29) is 0 Å². The van der Waals surface area contributed by atoms with E-state index in [4.69, 9.17) is 4.74 Å². The Bertz CT molecular complexity index is 168. The second kappa shape index (κ2) is 10.8. The Morgan fingerprint density at radius 2 is 1.39 bits per heavy atom. The van der Waals surface area contributed by atoms with Crippen molar-refractivity contribution in [3.63, 3.8) is 0 Å². The van der Waals surface area contributed by atoms with Crippen molar-refractivity contribution >= 4 is 0 Å². The average Bonchev–Trinajstić information content (AvgIpc) is 2.20. The second-order valence-electron chi connectivity index (χ2n) is 6.54. The summed E-state index contributed by atoms with van der Waals surface area (Å²) in [5.74, 6) is 1.57. The van der Waals surface area contributed by atoms with E-state index in [1.165, 1.54) is 25.7 Å². The van der Waals surface area contributed by atoms with Gasteiger partial charge >= 0.3 is 0 Å². The molecule has 0 aromatic heterocycles. The highest BCUT2D eigenvalue weighted by Gasteiger charge is 2.11. The Balaban J connectivity index is 3.62. The first-order valence-corrected chi connectivity index (χ1v) is 7.76.